The molecule has 0 radical (unpaired) electrons. The fourth-order valence-electron chi connectivity index (χ4n) is 8.73. The van der Waals surface area contributed by atoms with Crippen LogP contribution in [0.15, 0.2) is 40.9 Å². The molecule has 3 saturated carbocycles. The van der Waals surface area contributed by atoms with Gasteiger partial charge < -0.3 is 16.2 Å². The van der Waals surface area contributed by atoms with E-state index in [0.29, 0.717) is 29.5 Å². The number of allylic oxidation sites excluding steroid dienone is 3. The lowest BCUT2D eigenvalue weighted by molar-refractivity contribution is -0.0417. The number of hydrogen-bond donors (Lipinski definition) is 3. The third kappa shape index (κ3) is 5.76. The van der Waals surface area contributed by atoms with Crippen molar-refractivity contribution < 1.29 is 5.11 Å². The minimum atomic E-state index is 0.283. The smallest absolute Gasteiger partial charge is 0.0858 e. The highest BCUT2D eigenvalue weighted by Crippen LogP contribution is 2.67. The summed E-state index contributed by atoms with van der Waals surface area (Å²) in [5.41, 5.74) is 12.3. The van der Waals surface area contributed by atoms with Crippen molar-refractivity contribution in [2.75, 3.05) is 19.8 Å². The number of aliphatic hydroxyl groups excluding tert-OH is 1. The fraction of sp³-hybridized carbons (Fsp3) is 0.781. The molecule has 0 aromatic heterocycles. The molecule has 0 bridgehead atoms. The van der Waals surface area contributed by atoms with Gasteiger partial charge >= 0.3 is 0 Å². The fourth-order valence-corrected chi connectivity index (χ4v) is 8.73. The largest absolute Gasteiger partial charge is 0.396 e. The van der Waals surface area contributed by atoms with E-state index in [9.17, 15) is 0 Å². The molecule has 4 fully saturated rings. The van der Waals surface area contributed by atoms with E-state index in [1.165, 1.54) is 68.2 Å². The third-order valence-electron chi connectivity index (χ3n) is 10.6. The Hall–Kier alpha value is -1.23. The van der Waals surface area contributed by atoms with Crippen molar-refractivity contribution in [1.82, 2.24) is 5.32 Å². The van der Waals surface area contributed by atoms with Crippen LogP contribution in [0, 0.1) is 34.5 Å². The van der Waals surface area contributed by atoms with Gasteiger partial charge in [-0.1, -0.05) is 63.6 Å². The molecular weight excluding hydrogens is 442 g/mol. The van der Waals surface area contributed by atoms with Crippen LogP contribution in [0.2, 0.25) is 0 Å². The van der Waals surface area contributed by atoms with E-state index in [1.807, 2.05) is 13.8 Å². The van der Waals surface area contributed by atoms with Gasteiger partial charge in [0.25, 0.3) is 0 Å². The lowest BCUT2D eigenvalue weighted by Crippen LogP contribution is -2.50. The van der Waals surface area contributed by atoms with Gasteiger partial charge in [-0.2, -0.15) is 0 Å². The minimum Gasteiger partial charge on any atom is -0.396 e. The summed E-state index contributed by atoms with van der Waals surface area (Å²) in [6.45, 7) is 21.2. The van der Waals surface area contributed by atoms with Gasteiger partial charge in [0.15, 0.2) is 0 Å². The number of rotatable bonds is 4. The van der Waals surface area contributed by atoms with Gasteiger partial charge in [0.2, 0.25) is 0 Å². The molecule has 36 heavy (non-hydrogen) atoms. The first kappa shape index (κ1) is 29.3. The minimum absolute atomic E-state index is 0.283. The predicted molar refractivity (Wildman–Crippen MR) is 155 cm³/mol. The summed E-state index contributed by atoms with van der Waals surface area (Å²) in [7, 11) is 0. The first-order valence-electron chi connectivity index (χ1n) is 14.8. The Bertz CT molecular complexity index is 844. The molecule has 1 aliphatic heterocycles. The molecule has 5 aliphatic rings. The van der Waals surface area contributed by atoms with Gasteiger partial charge in [-0.15, -0.1) is 0 Å². The molecule has 4 heteroatoms. The highest BCUT2D eigenvalue weighted by atomic mass is 16.3. The number of fused-ring (bicyclic) bond motifs is 5. The number of aliphatic imine (C=N–C) groups is 1. The van der Waals surface area contributed by atoms with Crippen LogP contribution in [0.5, 0.6) is 0 Å². The Balaban J connectivity index is 0.000000276. The second-order valence-electron chi connectivity index (χ2n) is 12.4. The number of aliphatic hydroxyl groups is 1. The number of nitrogens with two attached hydrogens (primary N) is 1. The first-order chi connectivity index (χ1) is 17.2. The summed E-state index contributed by atoms with van der Waals surface area (Å²) < 4.78 is 0. The molecule has 0 spiro atoms. The zero-order chi connectivity index (χ0) is 26.5. The number of nitrogens with zero attached hydrogens (tertiary/aromatic N) is 1. The van der Waals surface area contributed by atoms with Crippen LogP contribution in [-0.4, -0.2) is 36.7 Å². The van der Waals surface area contributed by atoms with Crippen molar-refractivity contribution in [2.24, 2.45) is 45.2 Å². The van der Waals surface area contributed by atoms with E-state index in [-0.39, 0.29) is 6.61 Å². The van der Waals surface area contributed by atoms with Gasteiger partial charge in [-0.25, -0.2) is 0 Å². The average molecular weight is 498 g/mol. The predicted octanol–water partition coefficient (Wildman–Crippen LogP) is 6.81. The summed E-state index contributed by atoms with van der Waals surface area (Å²) >= 11 is 0. The van der Waals surface area contributed by atoms with Crippen molar-refractivity contribution in [2.45, 2.75) is 105 Å². The van der Waals surface area contributed by atoms with Crippen molar-refractivity contribution >= 4 is 5.71 Å². The molecule has 0 amide bonds. The van der Waals surface area contributed by atoms with Crippen molar-refractivity contribution in [3.05, 3.63) is 36.0 Å². The van der Waals surface area contributed by atoms with Crippen LogP contribution in [-0.2, 0) is 0 Å². The second-order valence-corrected chi connectivity index (χ2v) is 12.4. The zero-order valence-corrected chi connectivity index (χ0v) is 24.0. The Morgan fingerprint density at radius 1 is 1.11 bits per heavy atom. The van der Waals surface area contributed by atoms with Crippen LogP contribution in [0.1, 0.15) is 98.8 Å². The lowest BCUT2D eigenvalue weighted by atomic mass is 9.46. The molecule has 7 atom stereocenters. The van der Waals surface area contributed by atoms with E-state index in [0.717, 1.165) is 37.1 Å². The second kappa shape index (κ2) is 12.5. The van der Waals surface area contributed by atoms with Crippen LogP contribution in [0.3, 0.4) is 0 Å². The Kier molecular flexibility index (Phi) is 10.2. The zero-order valence-electron chi connectivity index (χ0n) is 24.0. The number of hydrogen-bond acceptors (Lipinski definition) is 4. The topological polar surface area (TPSA) is 70.6 Å². The van der Waals surface area contributed by atoms with Gasteiger partial charge in [0.05, 0.1) is 6.67 Å². The van der Waals surface area contributed by atoms with Crippen LogP contribution in [0.4, 0.5) is 0 Å². The molecule has 4 nitrogen and oxygen atoms in total. The molecule has 5 rings (SSSR count). The Morgan fingerprint density at radius 3 is 2.50 bits per heavy atom. The normalized spacial score (nSPS) is 39.6. The van der Waals surface area contributed by atoms with Crippen LogP contribution in [0.25, 0.3) is 0 Å². The molecule has 4 aliphatic carbocycles. The lowest BCUT2D eigenvalue weighted by Gasteiger charge is -2.58. The van der Waals surface area contributed by atoms with E-state index in [1.54, 1.807) is 5.57 Å². The van der Waals surface area contributed by atoms with Crippen LogP contribution < -0.4 is 11.1 Å². The molecule has 0 aromatic rings. The quantitative estimate of drug-likeness (QED) is 0.295. The maximum Gasteiger partial charge on any atom is 0.0858 e. The summed E-state index contributed by atoms with van der Waals surface area (Å²) in [5, 5.41) is 11.8. The van der Waals surface area contributed by atoms with Crippen molar-refractivity contribution in [3.63, 3.8) is 0 Å². The van der Waals surface area contributed by atoms with E-state index in [4.69, 9.17) is 10.8 Å². The van der Waals surface area contributed by atoms with E-state index in [2.05, 4.69) is 50.3 Å². The number of nitrogens with one attached hydrogen (secondary N) is 1. The van der Waals surface area contributed by atoms with E-state index >= 15 is 0 Å². The first-order valence-corrected chi connectivity index (χ1v) is 14.8. The average Bonchev–Trinajstić information content (AvgIpc) is 3.44. The van der Waals surface area contributed by atoms with Gasteiger partial charge in [-0.3, -0.25) is 4.99 Å². The summed E-state index contributed by atoms with van der Waals surface area (Å²) in [4.78, 5) is 4.61. The SMILES string of the molecule is C=C1C=C2CCC3C(CCC4(C)C(/C(C)=N/CN)CCC34)C2(C)CC1.C=C1CNC(CCO)C1.CC. The maximum absolute atomic E-state index is 8.54. The highest BCUT2D eigenvalue weighted by Gasteiger charge is 2.59. The highest BCUT2D eigenvalue weighted by molar-refractivity contribution is 5.85. The van der Waals surface area contributed by atoms with Gasteiger partial charge in [0.1, 0.15) is 0 Å². The summed E-state index contributed by atoms with van der Waals surface area (Å²) in [6, 6.07) is 0.488. The monoisotopic (exact) mass is 497 g/mol. The van der Waals surface area contributed by atoms with Gasteiger partial charge in [-0.05, 0) is 99.7 Å². The standard InChI is InChI=1S/C23H36N2.C7H13NO.C2H6/c1-15-9-11-22(3)17(13-15)5-6-18-20-8-7-19(16(2)25-14-24)23(20,4)12-10-21(18)22;1-6-4-7(2-3-9)8-5-6;1-2/h13,18-21H,1,5-12,14,24H2,2-4H3;7-9H,1-5H2;1-2H3/b25-16+;;. The van der Waals surface area contributed by atoms with Crippen molar-refractivity contribution in [3.8, 4) is 0 Å². The molecule has 1 saturated heterocycles. The molecule has 204 valence electrons. The Morgan fingerprint density at radius 2 is 1.86 bits per heavy atom. The molecular formula is C32H55N3O. The maximum atomic E-state index is 8.54. The molecule has 7 unspecified atom stereocenters. The summed E-state index contributed by atoms with van der Waals surface area (Å²) in [5.74, 6) is 3.37. The van der Waals surface area contributed by atoms with Crippen molar-refractivity contribution in [1.29, 1.82) is 0 Å². The van der Waals surface area contributed by atoms with Gasteiger partial charge in [0, 0.05) is 30.8 Å². The molecule has 4 N–H and O–H groups in total. The Labute approximate surface area is 222 Å². The molecule has 1 heterocycles. The van der Waals surface area contributed by atoms with E-state index < -0.39 is 0 Å². The molecule has 0 aromatic carbocycles. The summed E-state index contributed by atoms with van der Waals surface area (Å²) in [6.07, 6.45) is 15.1. The van der Waals surface area contributed by atoms with Crippen LogP contribution >= 0.6 is 0 Å². The third-order valence-corrected chi connectivity index (χ3v) is 10.6.